The summed E-state index contributed by atoms with van der Waals surface area (Å²) in [5, 5.41) is 0. The lowest BCUT2D eigenvalue weighted by atomic mass is 9.79. The van der Waals surface area contributed by atoms with Crippen LogP contribution >= 0.6 is 0 Å². The molecule has 214 valence electrons. The van der Waals surface area contributed by atoms with Crippen LogP contribution in [0.2, 0.25) is 0 Å². The molecule has 0 saturated heterocycles. The quantitative estimate of drug-likeness (QED) is 0.127. The van der Waals surface area contributed by atoms with Gasteiger partial charge in [0, 0.05) is 11.6 Å². The van der Waals surface area contributed by atoms with Crippen LogP contribution in [0.3, 0.4) is 0 Å². The highest BCUT2D eigenvalue weighted by atomic mass is 19.2. The molecule has 0 unspecified atom stereocenters. The molecule has 0 bridgehead atoms. The SMILES string of the molecule is CCCCCCCCOc1ccc(-c2ccc(C(=O)Oc3ccc(C4CCC(C)CC4)c(F)c3F)cc2)c(F)c1. The van der Waals surface area contributed by atoms with Gasteiger partial charge in [0.25, 0.3) is 0 Å². The second kappa shape index (κ2) is 14.4. The van der Waals surface area contributed by atoms with Gasteiger partial charge in [-0.15, -0.1) is 0 Å². The van der Waals surface area contributed by atoms with Crippen LogP contribution < -0.4 is 9.47 Å². The molecule has 0 N–H and O–H groups in total. The van der Waals surface area contributed by atoms with Gasteiger partial charge in [-0.05, 0) is 72.6 Å². The summed E-state index contributed by atoms with van der Waals surface area (Å²) in [5.74, 6) is -2.74. The van der Waals surface area contributed by atoms with Crippen molar-refractivity contribution in [3.63, 3.8) is 0 Å². The first-order valence-corrected chi connectivity index (χ1v) is 14.6. The number of esters is 1. The van der Waals surface area contributed by atoms with E-state index in [0.717, 1.165) is 38.5 Å². The minimum atomic E-state index is -1.15. The first-order chi connectivity index (χ1) is 19.4. The van der Waals surface area contributed by atoms with Crippen LogP contribution in [-0.4, -0.2) is 12.6 Å². The molecule has 1 aliphatic carbocycles. The van der Waals surface area contributed by atoms with Crippen LogP contribution in [0.25, 0.3) is 11.1 Å². The minimum absolute atomic E-state index is 0.0238. The van der Waals surface area contributed by atoms with Crippen LogP contribution in [0.5, 0.6) is 11.5 Å². The fraction of sp³-hybridized carbons (Fsp3) is 0.441. The molecule has 0 radical (unpaired) electrons. The molecule has 3 aromatic carbocycles. The standard InChI is InChI=1S/C34H39F3O3/c1-3-4-5-6-7-8-21-39-27-17-18-28(30(35)22-27)24-13-15-26(16-14-24)34(38)40-31-20-19-29(32(36)33(31)37)25-11-9-23(2)10-12-25/h13-20,22-23,25H,3-12,21H2,1-2H3. The average molecular weight is 553 g/mol. The molecule has 3 aromatic rings. The van der Waals surface area contributed by atoms with Gasteiger partial charge in [0.1, 0.15) is 11.6 Å². The maximum absolute atomic E-state index is 14.8. The van der Waals surface area contributed by atoms with E-state index in [1.165, 1.54) is 56.0 Å². The molecule has 0 aliphatic heterocycles. The fourth-order valence-electron chi connectivity index (χ4n) is 5.35. The van der Waals surface area contributed by atoms with Gasteiger partial charge >= 0.3 is 5.97 Å². The minimum Gasteiger partial charge on any atom is -0.493 e. The Morgan fingerprint density at radius 1 is 0.825 bits per heavy atom. The number of rotatable bonds is 12. The fourth-order valence-corrected chi connectivity index (χ4v) is 5.35. The molecule has 0 atom stereocenters. The van der Waals surface area contributed by atoms with Gasteiger partial charge in [0.2, 0.25) is 5.82 Å². The van der Waals surface area contributed by atoms with E-state index in [2.05, 4.69) is 13.8 Å². The second-order valence-electron chi connectivity index (χ2n) is 11.0. The van der Waals surface area contributed by atoms with Crippen LogP contribution in [0.15, 0.2) is 54.6 Å². The van der Waals surface area contributed by atoms with Crippen LogP contribution in [0, 0.1) is 23.4 Å². The Hall–Kier alpha value is -3.28. The van der Waals surface area contributed by atoms with Crippen molar-refractivity contribution in [3.8, 4) is 22.6 Å². The van der Waals surface area contributed by atoms with E-state index < -0.39 is 29.2 Å². The number of carbonyl (C=O) groups excluding carboxylic acids is 1. The van der Waals surface area contributed by atoms with E-state index in [1.807, 2.05) is 0 Å². The normalized spacial score (nSPS) is 17.0. The molecule has 6 heteroatoms. The number of benzene rings is 3. The van der Waals surface area contributed by atoms with E-state index in [9.17, 15) is 18.0 Å². The smallest absolute Gasteiger partial charge is 0.343 e. The highest BCUT2D eigenvalue weighted by Gasteiger charge is 2.26. The van der Waals surface area contributed by atoms with E-state index in [4.69, 9.17) is 9.47 Å². The summed E-state index contributed by atoms with van der Waals surface area (Å²) >= 11 is 0. The Balaban J connectivity index is 1.34. The lowest BCUT2D eigenvalue weighted by Crippen LogP contribution is -2.14. The predicted octanol–water partition coefficient (Wildman–Crippen LogP) is 10.0. The first kappa shape index (κ1) is 29.7. The van der Waals surface area contributed by atoms with Crippen molar-refractivity contribution in [2.75, 3.05) is 6.61 Å². The van der Waals surface area contributed by atoms with Gasteiger partial charge < -0.3 is 9.47 Å². The Labute approximate surface area is 235 Å². The third-order valence-electron chi connectivity index (χ3n) is 7.87. The van der Waals surface area contributed by atoms with E-state index in [0.29, 0.717) is 35.0 Å². The molecule has 0 amide bonds. The summed E-state index contributed by atoms with van der Waals surface area (Å²) in [4.78, 5) is 12.7. The summed E-state index contributed by atoms with van der Waals surface area (Å²) in [6, 6.07) is 13.7. The molecule has 1 saturated carbocycles. The summed E-state index contributed by atoms with van der Waals surface area (Å²) in [7, 11) is 0. The Kier molecular flexibility index (Phi) is 10.7. The molecule has 3 nitrogen and oxygen atoms in total. The van der Waals surface area contributed by atoms with Gasteiger partial charge in [0.15, 0.2) is 11.6 Å². The maximum Gasteiger partial charge on any atom is 0.343 e. The van der Waals surface area contributed by atoms with Crippen LogP contribution in [-0.2, 0) is 0 Å². The van der Waals surface area contributed by atoms with Crippen molar-refractivity contribution < 1.29 is 27.4 Å². The maximum atomic E-state index is 14.8. The van der Waals surface area contributed by atoms with E-state index in [-0.39, 0.29) is 11.5 Å². The monoisotopic (exact) mass is 552 g/mol. The molecule has 0 heterocycles. The van der Waals surface area contributed by atoms with E-state index >= 15 is 0 Å². The molecule has 0 spiro atoms. The Bertz CT molecular complexity index is 1260. The number of hydrogen-bond acceptors (Lipinski definition) is 3. The lowest BCUT2D eigenvalue weighted by Gasteiger charge is -2.27. The topological polar surface area (TPSA) is 35.5 Å². The molecular weight excluding hydrogens is 513 g/mol. The van der Waals surface area contributed by atoms with Crippen molar-refractivity contribution in [3.05, 3.63) is 83.2 Å². The van der Waals surface area contributed by atoms with Gasteiger partial charge in [-0.3, -0.25) is 0 Å². The molecule has 1 aliphatic rings. The summed E-state index contributed by atoms with van der Waals surface area (Å²) < 4.78 is 55.3. The number of carbonyl (C=O) groups is 1. The number of hydrogen-bond donors (Lipinski definition) is 0. The largest absolute Gasteiger partial charge is 0.493 e. The number of ether oxygens (including phenoxy) is 2. The zero-order chi connectivity index (χ0) is 28.5. The lowest BCUT2D eigenvalue weighted by molar-refractivity contribution is 0.0726. The van der Waals surface area contributed by atoms with Gasteiger partial charge in [-0.1, -0.05) is 77.0 Å². The van der Waals surface area contributed by atoms with Crippen molar-refractivity contribution in [1.29, 1.82) is 0 Å². The molecule has 4 rings (SSSR count). The van der Waals surface area contributed by atoms with Gasteiger partial charge in [-0.25, -0.2) is 13.6 Å². The van der Waals surface area contributed by atoms with Crippen molar-refractivity contribution in [2.24, 2.45) is 5.92 Å². The molecule has 40 heavy (non-hydrogen) atoms. The van der Waals surface area contributed by atoms with Crippen molar-refractivity contribution in [2.45, 2.75) is 84.0 Å². The van der Waals surface area contributed by atoms with Crippen molar-refractivity contribution >= 4 is 5.97 Å². The first-order valence-electron chi connectivity index (χ1n) is 14.6. The third kappa shape index (κ3) is 7.67. The highest BCUT2D eigenvalue weighted by molar-refractivity contribution is 5.91. The summed E-state index contributed by atoms with van der Waals surface area (Å²) in [6.07, 6.45) is 10.5. The number of unbranched alkanes of at least 4 members (excludes halogenated alkanes) is 5. The summed E-state index contributed by atoms with van der Waals surface area (Å²) in [5.41, 5.74) is 1.43. The molecule has 1 fully saturated rings. The van der Waals surface area contributed by atoms with Crippen LogP contribution in [0.1, 0.15) is 99.9 Å². The number of halogens is 3. The summed E-state index contributed by atoms with van der Waals surface area (Å²) in [6.45, 7) is 4.91. The zero-order valence-electron chi connectivity index (χ0n) is 23.5. The van der Waals surface area contributed by atoms with Crippen molar-refractivity contribution in [1.82, 2.24) is 0 Å². The Morgan fingerprint density at radius 2 is 1.52 bits per heavy atom. The van der Waals surface area contributed by atoms with Crippen LogP contribution in [0.4, 0.5) is 13.2 Å². The Morgan fingerprint density at radius 3 is 2.23 bits per heavy atom. The second-order valence-corrected chi connectivity index (χ2v) is 11.0. The zero-order valence-corrected chi connectivity index (χ0v) is 23.5. The average Bonchev–Trinajstić information content (AvgIpc) is 2.96. The van der Waals surface area contributed by atoms with Gasteiger partial charge in [0.05, 0.1) is 12.2 Å². The molecular formula is C34H39F3O3. The third-order valence-corrected chi connectivity index (χ3v) is 7.87. The van der Waals surface area contributed by atoms with Gasteiger partial charge in [-0.2, -0.15) is 4.39 Å². The van der Waals surface area contributed by atoms with E-state index in [1.54, 1.807) is 24.3 Å². The molecule has 0 aromatic heterocycles. The predicted molar refractivity (Wildman–Crippen MR) is 152 cm³/mol. The highest BCUT2D eigenvalue weighted by Crippen LogP contribution is 2.38.